The lowest BCUT2D eigenvalue weighted by Gasteiger charge is -2.14. The average molecular weight is 301 g/mol. The van der Waals surface area contributed by atoms with Gasteiger partial charge in [0, 0.05) is 31.0 Å². The van der Waals surface area contributed by atoms with Crippen molar-refractivity contribution in [3.8, 4) is 11.3 Å². The molecule has 0 bridgehead atoms. The van der Waals surface area contributed by atoms with Crippen LogP contribution in [-0.4, -0.2) is 26.8 Å². The summed E-state index contributed by atoms with van der Waals surface area (Å²) in [5.41, 5.74) is 2.88. The first kappa shape index (κ1) is 16.0. The number of pyridine rings is 1. The molecule has 2 aromatic rings. The molecule has 0 aromatic carbocycles. The van der Waals surface area contributed by atoms with Crippen LogP contribution >= 0.6 is 0 Å². The Labute approximate surface area is 130 Å². The molecule has 0 fully saturated rings. The van der Waals surface area contributed by atoms with Crippen molar-refractivity contribution in [1.29, 1.82) is 0 Å². The number of nitrogens with one attached hydrogen (secondary N) is 2. The highest BCUT2D eigenvalue weighted by Crippen LogP contribution is 2.18. The molecular weight excluding hydrogens is 278 g/mol. The standard InChI is InChI=1S/C16H23N5O/c1-4-13(5-2)19-16(22)18-11-14-10-15(21(3)20-14)12-6-8-17-9-7-12/h6-10,13H,4-5,11H2,1-3H3,(H2,18,19,22). The summed E-state index contributed by atoms with van der Waals surface area (Å²) < 4.78 is 1.81. The van der Waals surface area contributed by atoms with Crippen LogP contribution in [-0.2, 0) is 13.6 Å². The Morgan fingerprint density at radius 2 is 1.95 bits per heavy atom. The van der Waals surface area contributed by atoms with Crippen molar-refractivity contribution in [3.63, 3.8) is 0 Å². The second-order valence-corrected chi connectivity index (χ2v) is 5.22. The number of aromatic nitrogens is 3. The van der Waals surface area contributed by atoms with Crippen LogP contribution in [0.1, 0.15) is 32.4 Å². The molecule has 0 aliphatic heterocycles. The van der Waals surface area contributed by atoms with Gasteiger partial charge in [0.2, 0.25) is 0 Å². The minimum Gasteiger partial charge on any atom is -0.335 e. The topological polar surface area (TPSA) is 71.8 Å². The lowest BCUT2D eigenvalue weighted by atomic mass is 10.2. The van der Waals surface area contributed by atoms with Crippen LogP contribution in [0.15, 0.2) is 30.6 Å². The van der Waals surface area contributed by atoms with Gasteiger partial charge in [-0.25, -0.2) is 4.79 Å². The SMILES string of the molecule is CCC(CC)NC(=O)NCc1cc(-c2ccncc2)n(C)n1. The molecule has 2 N–H and O–H groups in total. The van der Waals surface area contributed by atoms with Crippen molar-refractivity contribution >= 4 is 6.03 Å². The lowest BCUT2D eigenvalue weighted by Crippen LogP contribution is -2.41. The molecule has 22 heavy (non-hydrogen) atoms. The summed E-state index contributed by atoms with van der Waals surface area (Å²) in [5, 5.41) is 10.2. The van der Waals surface area contributed by atoms with Gasteiger partial charge in [-0.1, -0.05) is 13.8 Å². The highest BCUT2D eigenvalue weighted by atomic mass is 16.2. The summed E-state index contributed by atoms with van der Waals surface area (Å²) in [6.45, 7) is 4.54. The van der Waals surface area contributed by atoms with Crippen molar-refractivity contribution in [1.82, 2.24) is 25.4 Å². The van der Waals surface area contributed by atoms with Crippen LogP contribution in [0.4, 0.5) is 4.79 Å². The van der Waals surface area contributed by atoms with Gasteiger partial charge in [0.05, 0.1) is 17.9 Å². The van der Waals surface area contributed by atoms with Crippen molar-refractivity contribution < 1.29 is 4.79 Å². The minimum atomic E-state index is -0.148. The molecule has 2 aromatic heterocycles. The second kappa shape index (κ2) is 7.59. The van der Waals surface area contributed by atoms with E-state index in [-0.39, 0.29) is 12.1 Å². The van der Waals surface area contributed by atoms with Gasteiger partial charge in [-0.2, -0.15) is 5.10 Å². The van der Waals surface area contributed by atoms with E-state index in [1.807, 2.05) is 29.9 Å². The Bertz CT molecular complexity index is 604. The number of nitrogens with zero attached hydrogens (tertiary/aromatic N) is 3. The van der Waals surface area contributed by atoms with E-state index in [0.717, 1.165) is 29.8 Å². The van der Waals surface area contributed by atoms with Crippen LogP contribution in [0.2, 0.25) is 0 Å². The molecule has 6 heteroatoms. The van der Waals surface area contributed by atoms with E-state index in [4.69, 9.17) is 0 Å². The van der Waals surface area contributed by atoms with Crippen LogP contribution < -0.4 is 10.6 Å². The van der Waals surface area contributed by atoms with E-state index in [9.17, 15) is 4.79 Å². The smallest absolute Gasteiger partial charge is 0.315 e. The summed E-state index contributed by atoms with van der Waals surface area (Å²) in [5.74, 6) is 0. The number of amides is 2. The molecule has 6 nitrogen and oxygen atoms in total. The predicted molar refractivity (Wildman–Crippen MR) is 86.2 cm³/mol. The van der Waals surface area contributed by atoms with Gasteiger partial charge in [0.25, 0.3) is 0 Å². The zero-order chi connectivity index (χ0) is 15.9. The Morgan fingerprint density at radius 3 is 2.59 bits per heavy atom. The molecule has 118 valence electrons. The molecule has 0 aliphatic rings. The lowest BCUT2D eigenvalue weighted by molar-refractivity contribution is 0.235. The molecular formula is C16H23N5O. The fraction of sp³-hybridized carbons (Fsp3) is 0.438. The zero-order valence-corrected chi connectivity index (χ0v) is 13.3. The third-order valence-corrected chi connectivity index (χ3v) is 3.66. The fourth-order valence-corrected chi connectivity index (χ4v) is 2.31. The van der Waals surface area contributed by atoms with E-state index in [1.54, 1.807) is 12.4 Å². The van der Waals surface area contributed by atoms with Gasteiger partial charge in [-0.05, 0) is 31.0 Å². The zero-order valence-electron chi connectivity index (χ0n) is 13.3. The molecule has 0 atom stereocenters. The monoisotopic (exact) mass is 301 g/mol. The first-order valence-electron chi connectivity index (χ1n) is 7.61. The Balaban J connectivity index is 1.96. The number of hydrogen-bond acceptors (Lipinski definition) is 3. The highest BCUT2D eigenvalue weighted by Gasteiger charge is 2.10. The molecule has 0 saturated heterocycles. The van der Waals surface area contributed by atoms with Crippen molar-refractivity contribution in [2.75, 3.05) is 0 Å². The summed E-state index contributed by atoms with van der Waals surface area (Å²) in [6.07, 6.45) is 5.37. The van der Waals surface area contributed by atoms with E-state index in [0.29, 0.717) is 6.54 Å². The fourth-order valence-electron chi connectivity index (χ4n) is 2.31. The maximum atomic E-state index is 11.8. The van der Waals surface area contributed by atoms with Gasteiger partial charge >= 0.3 is 6.03 Å². The average Bonchev–Trinajstić information content (AvgIpc) is 2.92. The quantitative estimate of drug-likeness (QED) is 0.861. The van der Waals surface area contributed by atoms with Gasteiger partial charge in [0.15, 0.2) is 0 Å². The maximum Gasteiger partial charge on any atom is 0.315 e. The van der Waals surface area contributed by atoms with Gasteiger partial charge in [-0.3, -0.25) is 9.67 Å². The molecule has 2 heterocycles. The second-order valence-electron chi connectivity index (χ2n) is 5.22. The number of carbonyl (C=O) groups excluding carboxylic acids is 1. The van der Waals surface area contributed by atoms with Crippen molar-refractivity contribution in [2.24, 2.45) is 7.05 Å². The number of urea groups is 1. The summed E-state index contributed by atoms with van der Waals surface area (Å²) in [7, 11) is 1.89. The van der Waals surface area contributed by atoms with E-state index < -0.39 is 0 Å². The Kier molecular flexibility index (Phi) is 5.52. The van der Waals surface area contributed by atoms with Crippen LogP contribution in [0.25, 0.3) is 11.3 Å². The maximum absolute atomic E-state index is 11.8. The molecule has 2 rings (SSSR count). The Morgan fingerprint density at radius 1 is 1.27 bits per heavy atom. The van der Waals surface area contributed by atoms with E-state index in [1.165, 1.54) is 0 Å². The highest BCUT2D eigenvalue weighted by molar-refractivity contribution is 5.74. The third-order valence-electron chi connectivity index (χ3n) is 3.66. The van der Waals surface area contributed by atoms with Crippen LogP contribution in [0, 0.1) is 0 Å². The molecule has 0 spiro atoms. The molecule has 0 aliphatic carbocycles. The Hall–Kier alpha value is -2.37. The molecule has 2 amide bonds. The summed E-state index contributed by atoms with van der Waals surface area (Å²) in [6, 6.07) is 5.93. The number of hydrogen-bond donors (Lipinski definition) is 2. The largest absolute Gasteiger partial charge is 0.335 e. The predicted octanol–water partition coefficient (Wildman–Crippen LogP) is 2.47. The molecule has 0 radical (unpaired) electrons. The van der Waals surface area contributed by atoms with Gasteiger partial charge < -0.3 is 10.6 Å². The van der Waals surface area contributed by atoms with E-state index >= 15 is 0 Å². The normalized spacial score (nSPS) is 10.7. The summed E-state index contributed by atoms with van der Waals surface area (Å²) in [4.78, 5) is 15.9. The first-order valence-corrected chi connectivity index (χ1v) is 7.61. The van der Waals surface area contributed by atoms with Gasteiger partial charge in [-0.15, -0.1) is 0 Å². The number of aryl methyl sites for hydroxylation is 1. The minimum absolute atomic E-state index is 0.148. The molecule has 0 saturated carbocycles. The third kappa shape index (κ3) is 4.07. The summed E-state index contributed by atoms with van der Waals surface area (Å²) >= 11 is 0. The van der Waals surface area contributed by atoms with Crippen molar-refractivity contribution in [3.05, 3.63) is 36.3 Å². The van der Waals surface area contributed by atoms with Crippen molar-refractivity contribution in [2.45, 2.75) is 39.3 Å². The van der Waals surface area contributed by atoms with Crippen LogP contribution in [0.3, 0.4) is 0 Å². The van der Waals surface area contributed by atoms with E-state index in [2.05, 4.69) is 34.6 Å². The number of rotatable bonds is 6. The van der Waals surface area contributed by atoms with Crippen LogP contribution in [0.5, 0.6) is 0 Å². The number of carbonyl (C=O) groups is 1. The molecule has 0 unspecified atom stereocenters. The van der Waals surface area contributed by atoms with Gasteiger partial charge in [0.1, 0.15) is 0 Å². The first-order chi connectivity index (χ1) is 10.6.